The summed E-state index contributed by atoms with van der Waals surface area (Å²) in [7, 11) is 0. The molecule has 0 unspecified atom stereocenters. The number of carbonyl (C=O) groups is 1. The molecule has 4 aliphatic rings. The van der Waals surface area contributed by atoms with Gasteiger partial charge in [-0.15, -0.1) is 0 Å². The van der Waals surface area contributed by atoms with Gasteiger partial charge in [-0.25, -0.2) is 0 Å². The van der Waals surface area contributed by atoms with E-state index in [0.717, 1.165) is 26.2 Å². The predicted molar refractivity (Wildman–Crippen MR) is 79.8 cm³/mol. The number of ketones is 1. The zero-order valence-electron chi connectivity index (χ0n) is 12.9. The minimum atomic E-state index is -0.234. The third-order valence-corrected chi connectivity index (χ3v) is 5.90. The normalized spacial score (nSPS) is 47.9. The first-order valence-electron chi connectivity index (χ1n) is 7.63. The summed E-state index contributed by atoms with van der Waals surface area (Å²) in [5.74, 6) is 0.737. The molecule has 4 heterocycles. The van der Waals surface area contributed by atoms with Crippen molar-refractivity contribution >= 4 is 5.78 Å². The molecule has 0 amide bonds. The summed E-state index contributed by atoms with van der Waals surface area (Å²) in [6.07, 6.45) is 0. The number of hydrogen-bond donors (Lipinski definition) is 1. The second-order valence-corrected chi connectivity index (χ2v) is 7.73. The standard InChI is InChI=1S/C17H22N2O2/c1-15-8-18-10-16(2,14(15)21)11-19(9-15)17(18,3)12-4-6-13(20)7-5-12/h4-7,20H,8-11H2,1-3H3. The molecule has 4 bridgehead atoms. The molecular formula is C17H22N2O2. The van der Waals surface area contributed by atoms with Crippen LogP contribution in [0.1, 0.15) is 26.3 Å². The quantitative estimate of drug-likeness (QED) is 0.855. The first kappa shape index (κ1) is 13.3. The fourth-order valence-electron chi connectivity index (χ4n) is 4.87. The third kappa shape index (κ3) is 1.49. The molecule has 21 heavy (non-hydrogen) atoms. The summed E-state index contributed by atoms with van der Waals surface area (Å²) < 4.78 is 0. The van der Waals surface area contributed by atoms with Gasteiger partial charge in [0.25, 0.3) is 0 Å². The first-order valence-corrected chi connectivity index (χ1v) is 7.63. The van der Waals surface area contributed by atoms with Crippen molar-refractivity contribution in [3.63, 3.8) is 0 Å². The van der Waals surface area contributed by atoms with Crippen LogP contribution < -0.4 is 0 Å². The second kappa shape index (κ2) is 3.68. The number of benzene rings is 1. The Morgan fingerprint density at radius 1 is 0.905 bits per heavy atom. The molecule has 4 saturated heterocycles. The van der Waals surface area contributed by atoms with Crippen LogP contribution in [0.4, 0.5) is 0 Å². The van der Waals surface area contributed by atoms with Crippen molar-refractivity contribution in [2.75, 3.05) is 26.2 Å². The second-order valence-electron chi connectivity index (χ2n) is 7.73. The topological polar surface area (TPSA) is 43.8 Å². The van der Waals surface area contributed by atoms with E-state index >= 15 is 0 Å². The summed E-state index contributed by atoms with van der Waals surface area (Å²) in [5, 5.41) is 9.54. The first-order chi connectivity index (χ1) is 9.78. The maximum absolute atomic E-state index is 12.7. The molecule has 1 N–H and O–H groups in total. The van der Waals surface area contributed by atoms with Crippen LogP contribution in [0.5, 0.6) is 5.75 Å². The van der Waals surface area contributed by atoms with Gasteiger partial charge in [0.05, 0.1) is 16.5 Å². The van der Waals surface area contributed by atoms with E-state index < -0.39 is 0 Å². The van der Waals surface area contributed by atoms with Crippen molar-refractivity contribution in [2.24, 2.45) is 10.8 Å². The zero-order valence-corrected chi connectivity index (χ0v) is 12.9. The minimum Gasteiger partial charge on any atom is -0.508 e. The zero-order chi connectivity index (χ0) is 15.0. The monoisotopic (exact) mass is 286 g/mol. The van der Waals surface area contributed by atoms with Crippen LogP contribution in [0.3, 0.4) is 0 Å². The van der Waals surface area contributed by atoms with Gasteiger partial charge in [-0.05, 0) is 24.6 Å². The van der Waals surface area contributed by atoms with Gasteiger partial charge < -0.3 is 5.11 Å². The smallest absolute Gasteiger partial charge is 0.149 e. The van der Waals surface area contributed by atoms with Gasteiger partial charge >= 0.3 is 0 Å². The highest BCUT2D eigenvalue weighted by atomic mass is 16.3. The van der Waals surface area contributed by atoms with Crippen molar-refractivity contribution in [1.82, 2.24) is 9.80 Å². The number of hydrogen-bond acceptors (Lipinski definition) is 4. The summed E-state index contributed by atoms with van der Waals surface area (Å²) in [6.45, 7) is 9.79. The summed E-state index contributed by atoms with van der Waals surface area (Å²) in [6, 6.07) is 7.51. The van der Waals surface area contributed by atoms with Gasteiger partial charge in [0.2, 0.25) is 0 Å². The van der Waals surface area contributed by atoms with Crippen LogP contribution in [0.25, 0.3) is 0 Å². The Labute approximate surface area is 125 Å². The minimum absolute atomic E-state index is 0.173. The highest BCUT2D eigenvalue weighted by Gasteiger charge is 2.65. The van der Waals surface area contributed by atoms with Crippen molar-refractivity contribution < 1.29 is 9.90 Å². The van der Waals surface area contributed by atoms with Crippen molar-refractivity contribution in [3.8, 4) is 5.75 Å². The highest BCUT2D eigenvalue weighted by Crippen LogP contribution is 2.54. The molecule has 1 aromatic rings. The van der Waals surface area contributed by atoms with E-state index in [2.05, 4.69) is 30.6 Å². The van der Waals surface area contributed by atoms with Crippen LogP contribution in [0, 0.1) is 10.8 Å². The lowest BCUT2D eigenvalue weighted by atomic mass is 9.60. The lowest BCUT2D eigenvalue weighted by Gasteiger charge is -2.69. The predicted octanol–water partition coefficient (Wildman–Crippen LogP) is 1.79. The average Bonchev–Trinajstić information content (AvgIpc) is 2.41. The number of nitrogens with zero attached hydrogens (tertiary/aromatic N) is 2. The maximum Gasteiger partial charge on any atom is 0.149 e. The Kier molecular flexibility index (Phi) is 2.33. The van der Waals surface area contributed by atoms with Crippen LogP contribution in [-0.4, -0.2) is 46.9 Å². The summed E-state index contributed by atoms with van der Waals surface area (Å²) >= 11 is 0. The summed E-state index contributed by atoms with van der Waals surface area (Å²) in [4.78, 5) is 17.6. The molecule has 4 nitrogen and oxygen atoms in total. The molecule has 0 atom stereocenters. The van der Waals surface area contributed by atoms with Gasteiger partial charge in [0, 0.05) is 26.2 Å². The molecular weight excluding hydrogens is 264 g/mol. The largest absolute Gasteiger partial charge is 0.508 e. The fourth-order valence-corrected chi connectivity index (χ4v) is 4.87. The van der Waals surface area contributed by atoms with E-state index in [1.54, 1.807) is 12.1 Å². The van der Waals surface area contributed by atoms with E-state index in [1.165, 1.54) is 5.56 Å². The Morgan fingerprint density at radius 2 is 1.33 bits per heavy atom. The Bertz CT molecular complexity index is 582. The number of Topliss-reactive ketones (excluding diaryl/α,β-unsaturated/α-hetero) is 1. The molecule has 112 valence electrons. The lowest BCUT2D eigenvalue weighted by molar-refractivity contribution is -0.228. The van der Waals surface area contributed by atoms with Gasteiger partial charge in [-0.3, -0.25) is 14.6 Å². The molecule has 0 spiro atoms. The average molecular weight is 286 g/mol. The maximum atomic E-state index is 12.7. The summed E-state index contributed by atoms with van der Waals surface area (Å²) in [5.41, 5.74) is 0.551. The molecule has 5 rings (SSSR count). The SMILES string of the molecule is CC12CN3CC(C)(CN(C1)C3(C)c1ccc(O)cc1)C2=O. The van der Waals surface area contributed by atoms with Crippen molar-refractivity contribution in [2.45, 2.75) is 26.4 Å². The van der Waals surface area contributed by atoms with E-state index in [4.69, 9.17) is 0 Å². The highest BCUT2D eigenvalue weighted by molar-refractivity contribution is 5.92. The van der Waals surface area contributed by atoms with Gasteiger partial charge in [-0.2, -0.15) is 0 Å². The Morgan fingerprint density at radius 3 is 1.76 bits per heavy atom. The van der Waals surface area contributed by atoms with Crippen LogP contribution in [0.15, 0.2) is 24.3 Å². The molecule has 1 aromatic carbocycles. The Balaban J connectivity index is 1.81. The molecule has 0 aliphatic carbocycles. The van der Waals surface area contributed by atoms with Crippen molar-refractivity contribution in [1.29, 1.82) is 0 Å². The third-order valence-electron chi connectivity index (χ3n) is 5.90. The molecule has 4 aliphatic heterocycles. The van der Waals surface area contributed by atoms with Crippen LogP contribution >= 0.6 is 0 Å². The van der Waals surface area contributed by atoms with Crippen molar-refractivity contribution in [3.05, 3.63) is 29.8 Å². The van der Waals surface area contributed by atoms with E-state index in [9.17, 15) is 9.90 Å². The van der Waals surface area contributed by atoms with E-state index in [1.807, 2.05) is 12.1 Å². The van der Waals surface area contributed by atoms with E-state index in [0.29, 0.717) is 11.5 Å². The van der Waals surface area contributed by atoms with E-state index in [-0.39, 0.29) is 16.5 Å². The van der Waals surface area contributed by atoms with Crippen LogP contribution in [0.2, 0.25) is 0 Å². The number of phenols is 1. The number of phenolic OH excluding ortho intramolecular Hbond substituents is 1. The van der Waals surface area contributed by atoms with Gasteiger partial charge in [-0.1, -0.05) is 26.0 Å². The lowest BCUT2D eigenvalue weighted by Crippen LogP contribution is -2.80. The molecule has 4 heteroatoms. The number of carbonyl (C=O) groups excluding carboxylic acids is 1. The molecule has 0 saturated carbocycles. The number of aromatic hydroxyl groups is 1. The number of piperidine rings is 2. The number of rotatable bonds is 1. The molecule has 0 radical (unpaired) electrons. The van der Waals surface area contributed by atoms with Gasteiger partial charge in [0.1, 0.15) is 11.5 Å². The Hall–Kier alpha value is -1.39. The molecule has 4 fully saturated rings. The van der Waals surface area contributed by atoms with Gasteiger partial charge in [0.15, 0.2) is 0 Å². The van der Waals surface area contributed by atoms with Crippen LogP contribution in [-0.2, 0) is 10.5 Å². The fraction of sp³-hybridized carbons (Fsp3) is 0.588. The molecule has 0 aromatic heterocycles.